The molecule has 0 aliphatic rings. The second kappa shape index (κ2) is 5.28. The number of hydrogen-bond donors (Lipinski definition) is 1. The molecule has 0 bridgehead atoms. The van der Waals surface area contributed by atoms with Crippen LogP contribution < -0.4 is 5.32 Å². The number of hydrogen-bond acceptors (Lipinski definition) is 3. The highest BCUT2D eigenvalue weighted by Crippen LogP contribution is 2.36. The number of oxazole rings is 1. The van der Waals surface area contributed by atoms with Crippen molar-refractivity contribution in [3.63, 3.8) is 0 Å². The van der Waals surface area contributed by atoms with Crippen molar-refractivity contribution in [1.29, 1.82) is 0 Å². The normalized spacial score (nSPS) is 11.4. The number of rotatable bonds is 2. The Kier molecular flexibility index (Phi) is 3.85. The summed E-state index contributed by atoms with van der Waals surface area (Å²) in [5.74, 6) is -0.697. The molecule has 0 spiro atoms. The maximum Gasteiger partial charge on any atom is 0.417 e. The van der Waals surface area contributed by atoms with Crippen molar-refractivity contribution in [2.24, 2.45) is 0 Å². The van der Waals surface area contributed by atoms with Gasteiger partial charge in [-0.2, -0.15) is 13.2 Å². The van der Waals surface area contributed by atoms with E-state index in [0.29, 0.717) is 5.69 Å². The van der Waals surface area contributed by atoms with E-state index in [1.165, 1.54) is 12.1 Å². The number of carbonyl (C=O) groups is 1. The van der Waals surface area contributed by atoms with Gasteiger partial charge in [-0.15, -0.1) is 0 Å². The Bertz CT molecular complexity index is 652. The number of amides is 1. The Morgan fingerprint density at radius 1 is 1.40 bits per heavy atom. The first-order valence-electron chi connectivity index (χ1n) is 5.37. The van der Waals surface area contributed by atoms with Crippen LogP contribution in [0.4, 0.5) is 18.9 Å². The van der Waals surface area contributed by atoms with E-state index in [9.17, 15) is 18.0 Å². The fourth-order valence-electron chi connectivity index (χ4n) is 1.53. The van der Waals surface area contributed by atoms with Crippen LogP contribution in [0, 0.1) is 6.92 Å². The smallest absolute Gasteiger partial charge is 0.417 e. The fourth-order valence-corrected chi connectivity index (χ4v) is 2.00. The fraction of sp³-hybridized carbons (Fsp3) is 0.167. The molecule has 1 N–H and O–H groups in total. The van der Waals surface area contributed by atoms with Crippen molar-refractivity contribution >= 4 is 27.5 Å². The molecular weight excluding hydrogens is 341 g/mol. The van der Waals surface area contributed by atoms with Crippen LogP contribution in [-0.2, 0) is 6.18 Å². The molecule has 1 amide bonds. The number of halogens is 4. The molecule has 8 heteroatoms. The molecule has 2 rings (SSSR count). The number of alkyl halides is 3. The lowest BCUT2D eigenvalue weighted by Gasteiger charge is -2.11. The van der Waals surface area contributed by atoms with Gasteiger partial charge in [-0.1, -0.05) is 15.9 Å². The van der Waals surface area contributed by atoms with Crippen molar-refractivity contribution in [2.75, 3.05) is 5.32 Å². The van der Waals surface area contributed by atoms with Crippen molar-refractivity contribution in [3.05, 3.63) is 46.1 Å². The van der Waals surface area contributed by atoms with Crippen LogP contribution in [0.1, 0.15) is 21.8 Å². The van der Waals surface area contributed by atoms with E-state index < -0.39 is 17.6 Å². The molecule has 1 aromatic carbocycles. The third-order valence-electron chi connectivity index (χ3n) is 2.48. The molecule has 20 heavy (non-hydrogen) atoms. The van der Waals surface area contributed by atoms with E-state index in [0.717, 1.165) is 12.5 Å². The molecular formula is C12H8BrF3N2O2. The van der Waals surface area contributed by atoms with Crippen molar-refractivity contribution in [1.82, 2.24) is 4.98 Å². The molecule has 0 saturated heterocycles. The van der Waals surface area contributed by atoms with Crippen LogP contribution in [0.25, 0.3) is 0 Å². The van der Waals surface area contributed by atoms with Crippen LogP contribution in [-0.4, -0.2) is 10.9 Å². The van der Waals surface area contributed by atoms with Crippen LogP contribution in [0.15, 0.2) is 33.5 Å². The minimum absolute atomic E-state index is 0.0151. The Morgan fingerprint density at radius 2 is 2.10 bits per heavy atom. The summed E-state index contributed by atoms with van der Waals surface area (Å²) in [5, 5.41) is 2.33. The summed E-state index contributed by atoms with van der Waals surface area (Å²) in [6, 6.07) is 3.41. The maximum atomic E-state index is 12.7. The summed E-state index contributed by atoms with van der Waals surface area (Å²) >= 11 is 2.82. The molecule has 0 fully saturated rings. The van der Waals surface area contributed by atoms with Gasteiger partial charge in [0.15, 0.2) is 6.39 Å². The van der Waals surface area contributed by atoms with Crippen LogP contribution in [0.5, 0.6) is 0 Å². The minimum atomic E-state index is -4.51. The van der Waals surface area contributed by atoms with Gasteiger partial charge in [0.25, 0.3) is 5.91 Å². The Morgan fingerprint density at radius 3 is 2.65 bits per heavy atom. The number of nitrogens with zero attached hydrogens (tertiary/aromatic N) is 1. The number of benzene rings is 1. The van der Waals surface area contributed by atoms with Gasteiger partial charge < -0.3 is 9.73 Å². The predicted molar refractivity (Wildman–Crippen MR) is 68.3 cm³/mol. The highest BCUT2D eigenvalue weighted by Gasteiger charge is 2.33. The molecule has 0 atom stereocenters. The summed E-state index contributed by atoms with van der Waals surface area (Å²) in [6.07, 6.45) is -3.42. The summed E-state index contributed by atoms with van der Waals surface area (Å²) in [4.78, 5) is 15.5. The zero-order valence-corrected chi connectivity index (χ0v) is 11.7. The molecule has 106 valence electrons. The number of carbonyl (C=O) groups excluding carboxylic acids is 1. The third-order valence-corrected chi connectivity index (χ3v) is 3.17. The predicted octanol–water partition coefficient (Wildman–Crippen LogP) is 4.02. The van der Waals surface area contributed by atoms with Gasteiger partial charge in [0.05, 0.1) is 11.3 Å². The van der Waals surface area contributed by atoms with E-state index in [4.69, 9.17) is 4.42 Å². The zero-order valence-electron chi connectivity index (χ0n) is 10.1. The van der Waals surface area contributed by atoms with Crippen LogP contribution in [0.3, 0.4) is 0 Å². The lowest BCUT2D eigenvalue weighted by molar-refractivity contribution is -0.138. The summed E-state index contributed by atoms with van der Waals surface area (Å²) < 4.78 is 43.0. The van der Waals surface area contributed by atoms with E-state index in [1.54, 1.807) is 6.92 Å². The topological polar surface area (TPSA) is 55.1 Å². The average Bonchev–Trinajstić information content (AvgIpc) is 2.76. The van der Waals surface area contributed by atoms with E-state index in [-0.39, 0.29) is 15.9 Å². The largest absolute Gasteiger partial charge is 0.438 e. The van der Waals surface area contributed by atoms with Gasteiger partial charge in [0.1, 0.15) is 0 Å². The first-order valence-corrected chi connectivity index (χ1v) is 6.16. The Labute approximate surface area is 120 Å². The highest BCUT2D eigenvalue weighted by atomic mass is 79.9. The number of aryl methyl sites for hydroxylation is 1. The maximum absolute atomic E-state index is 12.7. The summed E-state index contributed by atoms with van der Waals surface area (Å²) in [7, 11) is 0. The molecule has 0 aliphatic heterocycles. The van der Waals surface area contributed by atoms with Gasteiger partial charge >= 0.3 is 6.18 Å². The molecule has 4 nitrogen and oxygen atoms in total. The van der Waals surface area contributed by atoms with Crippen LogP contribution >= 0.6 is 15.9 Å². The monoisotopic (exact) mass is 348 g/mol. The summed E-state index contributed by atoms with van der Waals surface area (Å²) in [6.45, 7) is 1.56. The SMILES string of the molecule is Cc1ncoc1C(=O)Nc1ccc(Br)c(C(F)(F)F)c1. The zero-order chi connectivity index (χ0) is 14.9. The van der Waals surface area contributed by atoms with Gasteiger partial charge in [-0.3, -0.25) is 4.79 Å². The van der Waals surface area contributed by atoms with Crippen molar-refractivity contribution < 1.29 is 22.4 Å². The van der Waals surface area contributed by atoms with E-state index in [2.05, 4.69) is 26.2 Å². The Balaban J connectivity index is 2.27. The van der Waals surface area contributed by atoms with Gasteiger partial charge in [-0.05, 0) is 25.1 Å². The second-order valence-corrected chi connectivity index (χ2v) is 4.77. The minimum Gasteiger partial charge on any atom is -0.438 e. The van der Waals surface area contributed by atoms with Gasteiger partial charge in [0.2, 0.25) is 5.76 Å². The second-order valence-electron chi connectivity index (χ2n) is 3.91. The first-order chi connectivity index (χ1) is 9.29. The molecule has 1 heterocycles. The van der Waals surface area contributed by atoms with Gasteiger partial charge in [-0.25, -0.2) is 4.98 Å². The number of nitrogens with one attached hydrogen (secondary N) is 1. The van der Waals surface area contributed by atoms with Gasteiger partial charge in [0, 0.05) is 10.2 Å². The molecule has 0 aliphatic carbocycles. The number of aromatic nitrogens is 1. The average molecular weight is 349 g/mol. The standard InChI is InChI=1S/C12H8BrF3N2O2/c1-6-10(20-5-17-6)11(19)18-7-2-3-9(13)8(4-7)12(14,15)16/h2-5H,1H3,(H,18,19). The first kappa shape index (κ1) is 14.6. The van der Waals surface area contributed by atoms with E-state index in [1.807, 2.05) is 0 Å². The van der Waals surface area contributed by atoms with Crippen LogP contribution in [0.2, 0.25) is 0 Å². The van der Waals surface area contributed by atoms with E-state index >= 15 is 0 Å². The highest BCUT2D eigenvalue weighted by molar-refractivity contribution is 9.10. The number of anilines is 1. The summed E-state index contributed by atoms with van der Waals surface area (Å²) in [5.41, 5.74) is -0.499. The molecule has 1 aromatic heterocycles. The third kappa shape index (κ3) is 3.01. The quantitative estimate of drug-likeness (QED) is 0.891. The van der Waals surface area contributed by atoms with Crippen molar-refractivity contribution in [2.45, 2.75) is 13.1 Å². The molecule has 0 radical (unpaired) electrons. The molecule has 0 saturated carbocycles. The Hall–Kier alpha value is -1.83. The van der Waals surface area contributed by atoms with Crippen molar-refractivity contribution in [3.8, 4) is 0 Å². The molecule has 2 aromatic rings. The molecule has 0 unspecified atom stereocenters. The lowest BCUT2D eigenvalue weighted by atomic mass is 10.2. The lowest BCUT2D eigenvalue weighted by Crippen LogP contribution is -2.14.